The van der Waals surface area contributed by atoms with Gasteiger partial charge in [0.05, 0.1) is 30.5 Å². The Labute approximate surface area is 120 Å². The number of nitro benzene ring substituents is 1. The predicted octanol–water partition coefficient (Wildman–Crippen LogP) is 2.07. The number of benzene rings is 1. The second kappa shape index (κ2) is 6.67. The zero-order valence-corrected chi connectivity index (χ0v) is 11.4. The van der Waals surface area contributed by atoms with Gasteiger partial charge in [-0.3, -0.25) is 15.1 Å². The minimum absolute atomic E-state index is 0.0249. The lowest BCUT2D eigenvalue weighted by Crippen LogP contribution is -2.01. The number of hydrogen-bond acceptors (Lipinski definition) is 6. The van der Waals surface area contributed by atoms with Crippen molar-refractivity contribution >= 4 is 5.69 Å². The van der Waals surface area contributed by atoms with Gasteiger partial charge in [-0.1, -0.05) is 0 Å². The van der Waals surface area contributed by atoms with Gasteiger partial charge in [-0.15, -0.1) is 0 Å². The van der Waals surface area contributed by atoms with E-state index in [9.17, 15) is 10.1 Å². The number of methoxy groups -OCH3 is 1. The molecule has 0 aliphatic heterocycles. The summed E-state index contributed by atoms with van der Waals surface area (Å²) in [5.74, 6) is 1.02. The fourth-order valence-corrected chi connectivity index (χ4v) is 1.74. The molecule has 2 rings (SSSR count). The Bertz CT molecular complexity index is 628. The monoisotopic (exact) mass is 290 g/mol. The van der Waals surface area contributed by atoms with E-state index in [4.69, 9.17) is 14.6 Å². The van der Waals surface area contributed by atoms with Crippen LogP contribution in [0.25, 0.3) is 0 Å². The van der Waals surface area contributed by atoms with Crippen molar-refractivity contribution in [3.63, 3.8) is 0 Å². The van der Waals surface area contributed by atoms with E-state index in [0.717, 1.165) is 0 Å². The summed E-state index contributed by atoms with van der Waals surface area (Å²) in [5.41, 5.74) is 1.08. The Morgan fingerprint density at radius 2 is 2.14 bits per heavy atom. The quantitative estimate of drug-likeness (QED) is 0.646. The van der Waals surface area contributed by atoms with Gasteiger partial charge in [-0.25, -0.2) is 0 Å². The minimum atomic E-state index is -0.472. The second-order valence-electron chi connectivity index (χ2n) is 4.19. The molecule has 0 amide bonds. The molecule has 2 aromatic rings. The topological polar surface area (TPSA) is 94.7 Å². The van der Waals surface area contributed by atoms with Crippen LogP contribution in [0.2, 0.25) is 0 Å². The maximum Gasteiger partial charge on any atom is 0.270 e. The van der Waals surface area contributed by atoms with E-state index < -0.39 is 4.92 Å². The highest BCUT2D eigenvalue weighted by Gasteiger charge is 2.12. The lowest BCUT2D eigenvalue weighted by atomic mass is 10.2. The van der Waals surface area contributed by atoms with Gasteiger partial charge in [0.25, 0.3) is 5.69 Å². The molecule has 0 spiro atoms. The molecule has 1 aromatic carbocycles. The van der Waals surface area contributed by atoms with Crippen molar-refractivity contribution in [2.45, 2.75) is 13.2 Å². The van der Waals surface area contributed by atoms with Gasteiger partial charge in [0.15, 0.2) is 0 Å². The first kappa shape index (κ1) is 14.7. The van der Waals surface area contributed by atoms with Crippen LogP contribution in [0.15, 0.2) is 36.5 Å². The maximum absolute atomic E-state index is 10.8. The third-order valence-electron chi connectivity index (χ3n) is 2.83. The molecule has 0 unspecified atom stereocenters. The van der Waals surface area contributed by atoms with E-state index in [1.54, 1.807) is 12.1 Å². The van der Waals surface area contributed by atoms with Crippen molar-refractivity contribution in [2.75, 3.05) is 7.11 Å². The summed E-state index contributed by atoms with van der Waals surface area (Å²) >= 11 is 0. The number of rotatable bonds is 6. The van der Waals surface area contributed by atoms with Crippen LogP contribution in [0, 0.1) is 10.1 Å². The van der Waals surface area contributed by atoms with E-state index in [-0.39, 0.29) is 18.9 Å². The van der Waals surface area contributed by atoms with Crippen molar-refractivity contribution in [1.29, 1.82) is 0 Å². The molecule has 0 bridgehead atoms. The highest BCUT2D eigenvalue weighted by Crippen LogP contribution is 2.25. The molecule has 1 aromatic heterocycles. The van der Waals surface area contributed by atoms with Crippen LogP contribution in [0.5, 0.6) is 11.5 Å². The number of aliphatic hydroxyl groups excluding tert-OH is 1. The van der Waals surface area contributed by atoms with E-state index in [0.29, 0.717) is 22.8 Å². The molecule has 0 aliphatic carbocycles. The molecule has 21 heavy (non-hydrogen) atoms. The number of nitrogens with zero attached hydrogens (tertiary/aromatic N) is 2. The van der Waals surface area contributed by atoms with Gasteiger partial charge in [0.1, 0.15) is 18.1 Å². The first-order valence-electron chi connectivity index (χ1n) is 6.14. The molecular formula is C14H14N2O5. The maximum atomic E-state index is 10.8. The van der Waals surface area contributed by atoms with Crippen LogP contribution in [-0.2, 0) is 13.2 Å². The van der Waals surface area contributed by atoms with Crippen LogP contribution in [0.4, 0.5) is 5.69 Å². The summed E-state index contributed by atoms with van der Waals surface area (Å²) in [6.45, 7) is -0.0238. The van der Waals surface area contributed by atoms with E-state index in [1.807, 2.05) is 0 Å². The van der Waals surface area contributed by atoms with Crippen LogP contribution < -0.4 is 9.47 Å². The molecular weight excluding hydrogens is 276 g/mol. The Balaban J connectivity index is 2.13. The summed E-state index contributed by atoms with van der Waals surface area (Å²) in [6, 6.07) is 7.63. The summed E-state index contributed by atoms with van der Waals surface area (Å²) in [7, 11) is 1.49. The minimum Gasteiger partial charge on any atom is -0.496 e. The van der Waals surface area contributed by atoms with Gasteiger partial charge in [-0.2, -0.15) is 0 Å². The first-order valence-corrected chi connectivity index (χ1v) is 6.14. The van der Waals surface area contributed by atoms with Gasteiger partial charge in [0, 0.05) is 17.7 Å². The van der Waals surface area contributed by atoms with Crippen LogP contribution in [-0.4, -0.2) is 22.1 Å². The number of hydrogen-bond donors (Lipinski definition) is 1. The number of aromatic nitrogens is 1. The first-order chi connectivity index (χ1) is 10.1. The van der Waals surface area contributed by atoms with Crippen LogP contribution in [0.3, 0.4) is 0 Å². The highest BCUT2D eigenvalue weighted by atomic mass is 16.6. The Morgan fingerprint density at radius 3 is 2.71 bits per heavy atom. The molecule has 0 saturated heterocycles. The van der Waals surface area contributed by atoms with Crippen molar-refractivity contribution in [3.05, 3.63) is 57.9 Å². The zero-order chi connectivity index (χ0) is 15.2. The molecule has 7 heteroatoms. The summed E-state index contributed by atoms with van der Waals surface area (Å²) in [6.07, 6.45) is 1.48. The third kappa shape index (κ3) is 3.67. The Hall–Kier alpha value is -2.67. The number of nitro groups is 1. The van der Waals surface area contributed by atoms with Crippen LogP contribution in [0.1, 0.15) is 11.3 Å². The van der Waals surface area contributed by atoms with E-state index >= 15 is 0 Å². The van der Waals surface area contributed by atoms with Crippen LogP contribution >= 0.6 is 0 Å². The number of non-ortho nitro benzene ring substituents is 1. The predicted molar refractivity (Wildman–Crippen MR) is 74.1 cm³/mol. The molecule has 0 atom stereocenters. The highest BCUT2D eigenvalue weighted by molar-refractivity contribution is 5.43. The summed E-state index contributed by atoms with van der Waals surface area (Å²) < 4.78 is 10.7. The SMILES string of the molecule is COc1ccc([N+](=O)[O-])cc1COc1ccc(CO)nc1. The number of pyridine rings is 1. The smallest absolute Gasteiger partial charge is 0.270 e. The summed E-state index contributed by atoms with van der Waals surface area (Å²) in [4.78, 5) is 14.3. The molecule has 1 heterocycles. The standard InChI is InChI=1S/C14H14N2O5/c1-20-14-5-3-12(16(18)19)6-10(14)9-21-13-4-2-11(8-17)15-7-13/h2-7,17H,8-9H2,1H3. The van der Waals surface area contributed by atoms with Gasteiger partial charge in [-0.05, 0) is 18.2 Å². The van der Waals surface area contributed by atoms with Gasteiger partial charge >= 0.3 is 0 Å². The lowest BCUT2D eigenvalue weighted by molar-refractivity contribution is -0.385. The average molecular weight is 290 g/mol. The molecule has 0 fully saturated rings. The Morgan fingerprint density at radius 1 is 1.33 bits per heavy atom. The fourth-order valence-electron chi connectivity index (χ4n) is 1.74. The molecule has 0 saturated carbocycles. The molecule has 1 N–H and O–H groups in total. The average Bonchev–Trinajstić information content (AvgIpc) is 2.53. The molecule has 0 radical (unpaired) electrons. The second-order valence-corrected chi connectivity index (χ2v) is 4.19. The lowest BCUT2D eigenvalue weighted by Gasteiger charge is -2.10. The van der Waals surface area contributed by atoms with Crippen molar-refractivity contribution in [1.82, 2.24) is 4.98 Å². The molecule has 7 nitrogen and oxygen atoms in total. The molecule has 0 aliphatic rings. The van der Waals surface area contributed by atoms with E-state index in [2.05, 4.69) is 4.98 Å². The third-order valence-corrected chi connectivity index (χ3v) is 2.83. The van der Waals surface area contributed by atoms with Crippen molar-refractivity contribution in [3.8, 4) is 11.5 Å². The fraction of sp³-hybridized carbons (Fsp3) is 0.214. The normalized spacial score (nSPS) is 10.2. The van der Waals surface area contributed by atoms with Crippen molar-refractivity contribution in [2.24, 2.45) is 0 Å². The molecule has 110 valence electrons. The number of aliphatic hydroxyl groups is 1. The van der Waals surface area contributed by atoms with Gasteiger partial charge in [0.2, 0.25) is 0 Å². The largest absolute Gasteiger partial charge is 0.496 e. The summed E-state index contributed by atoms with van der Waals surface area (Å²) in [5, 5.41) is 19.7. The van der Waals surface area contributed by atoms with Gasteiger partial charge < -0.3 is 14.6 Å². The van der Waals surface area contributed by atoms with Crippen molar-refractivity contribution < 1.29 is 19.5 Å². The number of ether oxygens (including phenoxy) is 2. The Kier molecular flexibility index (Phi) is 4.68. The van der Waals surface area contributed by atoms with E-state index in [1.165, 1.54) is 31.5 Å². The zero-order valence-electron chi connectivity index (χ0n) is 11.4.